The SMILES string of the molecule is O=C(Nc1ccc(F)c(NC(=O)C2CCCCC2)c1)c1ccc(S(=O)(=O)N2CCCCC2)o1. The Balaban J connectivity index is 1.43. The van der Waals surface area contributed by atoms with Crippen LogP contribution in [0, 0.1) is 11.7 Å². The molecule has 2 aliphatic rings. The molecule has 2 N–H and O–H groups in total. The summed E-state index contributed by atoms with van der Waals surface area (Å²) in [7, 11) is -3.79. The minimum Gasteiger partial charge on any atom is -0.438 e. The number of sulfonamides is 1. The van der Waals surface area contributed by atoms with Crippen LogP contribution in [0.3, 0.4) is 0 Å². The highest BCUT2D eigenvalue weighted by molar-refractivity contribution is 7.89. The first kappa shape index (κ1) is 23.4. The molecule has 1 aromatic carbocycles. The molecule has 10 heteroatoms. The second-order valence-corrected chi connectivity index (χ2v) is 10.4. The van der Waals surface area contributed by atoms with E-state index in [4.69, 9.17) is 4.42 Å². The van der Waals surface area contributed by atoms with E-state index in [1.807, 2.05) is 0 Å². The van der Waals surface area contributed by atoms with Crippen LogP contribution in [-0.2, 0) is 14.8 Å². The quantitative estimate of drug-likeness (QED) is 0.642. The molecule has 2 fully saturated rings. The number of nitrogens with one attached hydrogen (secondary N) is 2. The van der Waals surface area contributed by atoms with Gasteiger partial charge in [-0.25, -0.2) is 12.8 Å². The van der Waals surface area contributed by atoms with Gasteiger partial charge in [0, 0.05) is 24.7 Å². The Bertz CT molecular complexity index is 1120. The summed E-state index contributed by atoms with van der Waals surface area (Å²) in [5.74, 6) is -1.82. The van der Waals surface area contributed by atoms with Crippen molar-refractivity contribution in [1.29, 1.82) is 0 Å². The number of piperidine rings is 1. The van der Waals surface area contributed by atoms with Gasteiger partial charge in [0.05, 0.1) is 5.69 Å². The summed E-state index contributed by atoms with van der Waals surface area (Å²) >= 11 is 0. The van der Waals surface area contributed by atoms with Gasteiger partial charge in [-0.1, -0.05) is 25.7 Å². The van der Waals surface area contributed by atoms with Crippen molar-refractivity contribution in [3.8, 4) is 0 Å². The molecule has 1 aliphatic carbocycles. The van der Waals surface area contributed by atoms with E-state index in [1.165, 1.54) is 28.6 Å². The van der Waals surface area contributed by atoms with Crippen LogP contribution in [0.1, 0.15) is 61.9 Å². The van der Waals surface area contributed by atoms with Gasteiger partial charge in [-0.05, 0) is 56.0 Å². The van der Waals surface area contributed by atoms with E-state index in [9.17, 15) is 22.4 Å². The number of hydrogen-bond acceptors (Lipinski definition) is 5. The molecule has 0 bridgehead atoms. The van der Waals surface area contributed by atoms with Gasteiger partial charge < -0.3 is 15.1 Å². The van der Waals surface area contributed by atoms with Gasteiger partial charge in [0.15, 0.2) is 5.76 Å². The lowest BCUT2D eigenvalue weighted by Crippen LogP contribution is -2.35. The molecule has 0 atom stereocenters. The van der Waals surface area contributed by atoms with E-state index >= 15 is 0 Å². The number of furan rings is 1. The molecule has 0 unspecified atom stereocenters. The molecule has 8 nitrogen and oxygen atoms in total. The number of carbonyl (C=O) groups is 2. The van der Waals surface area contributed by atoms with Crippen LogP contribution in [-0.4, -0.2) is 37.6 Å². The van der Waals surface area contributed by atoms with E-state index in [-0.39, 0.29) is 34.1 Å². The lowest BCUT2D eigenvalue weighted by molar-refractivity contribution is -0.120. The molecule has 4 rings (SSSR count). The summed E-state index contributed by atoms with van der Waals surface area (Å²) in [6, 6.07) is 6.40. The third-order valence-corrected chi connectivity index (χ3v) is 7.95. The largest absolute Gasteiger partial charge is 0.438 e. The Labute approximate surface area is 192 Å². The van der Waals surface area contributed by atoms with Gasteiger partial charge >= 0.3 is 0 Å². The van der Waals surface area contributed by atoms with Crippen LogP contribution >= 0.6 is 0 Å². The molecular formula is C23H28FN3O5S. The monoisotopic (exact) mass is 477 g/mol. The smallest absolute Gasteiger partial charge is 0.291 e. The van der Waals surface area contributed by atoms with Crippen molar-refractivity contribution in [2.75, 3.05) is 23.7 Å². The zero-order chi connectivity index (χ0) is 23.4. The summed E-state index contributed by atoms with van der Waals surface area (Å²) in [6.45, 7) is 0.852. The third kappa shape index (κ3) is 5.44. The van der Waals surface area contributed by atoms with E-state index in [0.29, 0.717) is 13.1 Å². The van der Waals surface area contributed by atoms with Crippen molar-refractivity contribution in [2.24, 2.45) is 5.92 Å². The molecule has 2 heterocycles. The zero-order valence-corrected chi connectivity index (χ0v) is 19.1. The van der Waals surface area contributed by atoms with Gasteiger partial charge in [0.25, 0.3) is 15.9 Å². The van der Waals surface area contributed by atoms with Gasteiger partial charge in [-0.2, -0.15) is 4.31 Å². The van der Waals surface area contributed by atoms with Crippen LogP contribution < -0.4 is 10.6 Å². The Morgan fingerprint density at radius 2 is 1.64 bits per heavy atom. The second-order valence-electron chi connectivity index (χ2n) is 8.56. The van der Waals surface area contributed by atoms with Crippen LogP contribution in [0.2, 0.25) is 0 Å². The summed E-state index contributed by atoms with van der Waals surface area (Å²) < 4.78 is 46.4. The molecule has 1 aliphatic heterocycles. The number of anilines is 2. The number of hydrogen-bond donors (Lipinski definition) is 2. The minimum atomic E-state index is -3.79. The summed E-state index contributed by atoms with van der Waals surface area (Å²) in [6.07, 6.45) is 7.20. The molecule has 2 aromatic rings. The Hall–Kier alpha value is -2.72. The van der Waals surface area contributed by atoms with E-state index in [1.54, 1.807) is 0 Å². The van der Waals surface area contributed by atoms with Gasteiger partial charge in [0.2, 0.25) is 11.0 Å². The van der Waals surface area contributed by atoms with Gasteiger partial charge in [0.1, 0.15) is 5.82 Å². The lowest BCUT2D eigenvalue weighted by atomic mass is 9.88. The van der Waals surface area contributed by atoms with E-state index < -0.39 is 21.7 Å². The first-order valence-electron chi connectivity index (χ1n) is 11.4. The summed E-state index contributed by atoms with van der Waals surface area (Å²) in [5, 5.41) is 4.90. The third-order valence-electron chi connectivity index (χ3n) is 6.17. The number of halogens is 1. The minimum absolute atomic E-state index is 0.0174. The summed E-state index contributed by atoms with van der Waals surface area (Å²) in [5.41, 5.74) is 0.230. The van der Waals surface area contributed by atoms with Crippen molar-refractivity contribution < 1.29 is 26.8 Å². The van der Waals surface area contributed by atoms with E-state index in [2.05, 4.69) is 10.6 Å². The number of carbonyl (C=O) groups excluding carboxylic acids is 2. The van der Waals surface area contributed by atoms with E-state index in [0.717, 1.165) is 57.4 Å². The van der Waals surface area contributed by atoms with Gasteiger partial charge in [-0.15, -0.1) is 0 Å². The molecule has 178 valence electrons. The molecule has 1 saturated heterocycles. The number of nitrogens with zero attached hydrogens (tertiary/aromatic N) is 1. The normalized spacial score (nSPS) is 18.1. The number of amides is 2. The van der Waals surface area contributed by atoms with Crippen LogP contribution in [0.25, 0.3) is 0 Å². The molecule has 0 spiro atoms. The molecular weight excluding hydrogens is 449 g/mol. The van der Waals surface area contributed by atoms with Crippen molar-refractivity contribution >= 4 is 33.2 Å². The topological polar surface area (TPSA) is 109 Å². The number of benzene rings is 1. The predicted molar refractivity (Wildman–Crippen MR) is 121 cm³/mol. The summed E-state index contributed by atoms with van der Waals surface area (Å²) in [4.78, 5) is 25.1. The van der Waals surface area contributed by atoms with Crippen LogP contribution in [0.15, 0.2) is 39.8 Å². The first-order valence-corrected chi connectivity index (χ1v) is 12.8. The molecule has 1 saturated carbocycles. The average molecular weight is 478 g/mol. The highest BCUT2D eigenvalue weighted by atomic mass is 32.2. The van der Waals surface area contributed by atoms with Crippen molar-refractivity contribution in [2.45, 2.75) is 56.5 Å². The predicted octanol–water partition coefficient (Wildman–Crippen LogP) is 4.36. The first-order chi connectivity index (χ1) is 15.8. The molecule has 0 radical (unpaired) electrons. The van der Waals surface area contributed by atoms with Gasteiger partial charge in [-0.3, -0.25) is 9.59 Å². The standard InChI is InChI=1S/C23H28FN3O5S/c24-18-10-9-17(15-19(18)26-22(28)16-7-3-1-4-8-16)25-23(29)20-11-12-21(32-20)33(30,31)27-13-5-2-6-14-27/h9-12,15-16H,1-8,13-14H2,(H,25,29)(H,26,28). The average Bonchev–Trinajstić information content (AvgIpc) is 3.34. The molecule has 33 heavy (non-hydrogen) atoms. The van der Waals surface area contributed by atoms with Crippen molar-refractivity contribution in [1.82, 2.24) is 4.31 Å². The molecule has 2 amide bonds. The maximum atomic E-state index is 14.3. The lowest BCUT2D eigenvalue weighted by Gasteiger charge is -2.24. The van der Waals surface area contributed by atoms with Crippen molar-refractivity contribution in [3.05, 3.63) is 41.9 Å². The maximum Gasteiger partial charge on any atom is 0.291 e. The van der Waals surface area contributed by atoms with Crippen molar-refractivity contribution in [3.63, 3.8) is 0 Å². The second kappa shape index (κ2) is 10.0. The van der Waals surface area contributed by atoms with Crippen LogP contribution in [0.5, 0.6) is 0 Å². The maximum absolute atomic E-state index is 14.3. The fourth-order valence-electron chi connectivity index (χ4n) is 4.30. The Morgan fingerprint density at radius 3 is 2.36 bits per heavy atom. The molecule has 1 aromatic heterocycles. The fourth-order valence-corrected chi connectivity index (χ4v) is 5.73. The zero-order valence-electron chi connectivity index (χ0n) is 18.3. The Morgan fingerprint density at radius 1 is 0.939 bits per heavy atom. The highest BCUT2D eigenvalue weighted by Crippen LogP contribution is 2.27. The fraction of sp³-hybridized carbons (Fsp3) is 0.478. The highest BCUT2D eigenvalue weighted by Gasteiger charge is 2.30. The Kier molecular flexibility index (Phi) is 7.14. The number of rotatable bonds is 6. The van der Waals surface area contributed by atoms with Crippen LogP contribution in [0.4, 0.5) is 15.8 Å².